The van der Waals surface area contributed by atoms with Crippen molar-refractivity contribution in [3.05, 3.63) is 0 Å². The van der Waals surface area contributed by atoms with Gasteiger partial charge in [0.2, 0.25) is 0 Å². The Morgan fingerprint density at radius 1 is 0.857 bits per heavy atom. The van der Waals surface area contributed by atoms with E-state index in [2.05, 4.69) is 11.8 Å². The largest absolute Gasteiger partial charge is 0.304 e. The first kappa shape index (κ1) is 10.5. The Morgan fingerprint density at radius 2 is 1.43 bits per heavy atom. The smallest absolute Gasteiger partial charge is 0.00161 e. The summed E-state index contributed by atoms with van der Waals surface area (Å²) in [7, 11) is 0. The molecule has 0 bridgehead atoms. The Balaban J connectivity index is 1.76. The van der Waals surface area contributed by atoms with E-state index in [1.807, 2.05) is 0 Å². The number of likely N-dealkylation sites (tertiary alicyclic amines) is 1. The average molecular weight is 195 g/mol. The average Bonchev–Trinajstić information content (AvgIpc) is 2.30. The van der Waals surface area contributed by atoms with Crippen LogP contribution in [0.15, 0.2) is 0 Å². The molecule has 1 saturated heterocycles. The van der Waals surface area contributed by atoms with Gasteiger partial charge >= 0.3 is 0 Å². The van der Waals surface area contributed by atoms with Crippen molar-refractivity contribution in [2.75, 3.05) is 19.6 Å². The number of hydrogen-bond acceptors (Lipinski definition) is 1. The van der Waals surface area contributed by atoms with Gasteiger partial charge in [-0.3, -0.25) is 0 Å². The molecule has 0 amide bonds. The minimum absolute atomic E-state index is 1.08. The molecule has 1 saturated carbocycles. The summed E-state index contributed by atoms with van der Waals surface area (Å²) in [5, 5.41) is 0. The number of piperidine rings is 1. The van der Waals surface area contributed by atoms with Crippen LogP contribution in [0.4, 0.5) is 0 Å². The monoisotopic (exact) mass is 195 g/mol. The summed E-state index contributed by atoms with van der Waals surface area (Å²) in [5.41, 5.74) is 0. The van der Waals surface area contributed by atoms with Crippen LogP contribution in [0, 0.1) is 11.8 Å². The van der Waals surface area contributed by atoms with Crippen molar-refractivity contribution in [3.8, 4) is 0 Å². The van der Waals surface area contributed by atoms with Crippen LogP contribution >= 0.6 is 0 Å². The predicted octanol–water partition coefficient (Wildman–Crippen LogP) is 3.30. The Morgan fingerprint density at radius 3 is 2.00 bits per heavy atom. The fraction of sp³-hybridized carbons (Fsp3) is 1.00. The summed E-state index contributed by atoms with van der Waals surface area (Å²) in [4.78, 5) is 2.61. The fourth-order valence-electron chi connectivity index (χ4n) is 3.35. The third kappa shape index (κ3) is 2.50. The van der Waals surface area contributed by atoms with Crippen LogP contribution in [0.5, 0.6) is 0 Å². The van der Waals surface area contributed by atoms with E-state index in [1.54, 1.807) is 0 Å². The van der Waals surface area contributed by atoms with Crippen LogP contribution in [0.3, 0.4) is 0 Å². The topological polar surface area (TPSA) is 3.24 Å². The maximum absolute atomic E-state index is 2.61. The van der Waals surface area contributed by atoms with E-state index in [-0.39, 0.29) is 0 Å². The van der Waals surface area contributed by atoms with E-state index in [0.717, 1.165) is 11.8 Å². The van der Waals surface area contributed by atoms with Crippen molar-refractivity contribution in [2.24, 2.45) is 11.8 Å². The fourth-order valence-corrected chi connectivity index (χ4v) is 3.35. The molecule has 0 aromatic heterocycles. The van der Waals surface area contributed by atoms with E-state index >= 15 is 0 Å². The van der Waals surface area contributed by atoms with Crippen molar-refractivity contribution in [1.29, 1.82) is 0 Å². The number of rotatable bonds is 2. The molecule has 2 fully saturated rings. The normalized spacial score (nSPS) is 28.1. The molecule has 2 rings (SSSR count). The zero-order valence-electron chi connectivity index (χ0n) is 9.67. The predicted molar refractivity (Wildman–Crippen MR) is 61.4 cm³/mol. The number of hydrogen-bond donors (Lipinski definition) is 0. The van der Waals surface area contributed by atoms with Gasteiger partial charge in [-0.2, -0.15) is 0 Å². The highest BCUT2D eigenvalue weighted by molar-refractivity contribution is 4.79. The van der Waals surface area contributed by atoms with Crippen molar-refractivity contribution >= 4 is 0 Å². The van der Waals surface area contributed by atoms with Crippen molar-refractivity contribution in [3.63, 3.8) is 0 Å². The van der Waals surface area contributed by atoms with Crippen LogP contribution in [0.25, 0.3) is 0 Å². The summed E-state index contributed by atoms with van der Waals surface area (Å²) >= 11 is 0. The third-order valence-electron chi connectivity index (χ3n) is 4.40. The summed E-state index contributed by atoms with van der Waals surface area (Å²) in [6, 6.07) is 0. The summed E-state index contributed by atoms with van der Waals surface area (Å²) in [5.74, 6) is 2.18. The molecule has 0 aromatic carbocycles. The first-order valence-corrected chi connectivity index (χ1v) is 6.62. The van der Waals surface area contributed by atoms with Crippen molar-refractivity contribution in [2.45, 2.75) is 51.9 Å². The molecule has 1 heteroatoms. The van der Waals surface area contributed by atoms with Gasteiger partial charge in [0, 0.05) is 0 Å². The van der Waals surface area contributed by atoms with E-state index in [9.17, 15) is 0 Å². The molecular weight excluding hydrogens is 170 g/mol. The molecule has 0 aromatic rings. The van der Waals surface area contributed by atoms with Gasteiger partial charge in [0.15, 0.2) is 0 Å². The molecule has 0 radical (unpaired) electrons. The van der Waals surface area contributed by atoms with Gasteiger partial charge in [0.25, 0.3) is 0 Å². The van der Waals surface area contributed by atoms with Crippen molar-refractivity contribution in [1.82, 2.24) is 4.90 Å². The molecular formula is C13H25N. The lowest BCUT2D eigenvalue weighted by molar-refractivity contribution is 0.131. The second kappa shape index (κ2) is 5.16. The molecule has 0 spiro atoms. The number of nitrogens with zero attached hydrogens (tertiary/aromatic N) is 1. The zero-order chi connectivity index (χ0) is 9.80. The van der Waals surface area contributed by atoms with Gasteiger partial charge in [0.1, 0.15) is 0 Å². The highest BCUT2D eigenvalue weighted by Crippen LogP contribution is 2.35. The van der Waals surface area contributed by atoms with Gasteiger partial charge in [-0.25, -0.2) is 0 Å². The first-order chi connectivity index (χ1) is 6.90. The minimum atomic E-state index is 1.08. The van der Waals surface area contributed by atoms with E-state index in [1.165, 1.54) is 64.6 Å². The Bertz CT molecular complexity index is 153. The quantitative estimate of drug-likeness (QED) is 0.653. The van der Waals surface area contributed by atoms with Gasteiger partial charge in [0.05, 0.1) is 0 Å². The highest BCUT2D eigenvalue weighted by Gasteiger charge is 2.26. The molecule has 82 valence electrons. The van der Waals surface area contributed by atoms with Crippen LogP contribution in [-0.4, -0.2) is 24.5 Å². The Labute approximate surface area is 88.9 Å². The van der Waals surface area contributed by atoms with Gasteiger partial charge in [-0.1, -0.05) is 39.0 Å². The van der Waals surface area contributed by atoms with Gasteiger partial charge < -0.3 is 4.90 Å². The Hall–Kier alpha value is -0.0400. The van der Waals surface area contributed by atoms with Crippen LogP contribution in [0.2, 0.25) is 0 Å². The second-order valence-electron chi connectivity index (χ2n) is 5.17. The van der Waals surface area contributed by atoms with E-state index in [4.69, 9.17) is 0 Å². The SMILES string of the molecule is CCN1CCC(C2CCCCC2)CC1. The minimum Gasteiger partial charge on any atom is -0.304 e. The molecule has 1 aliphatic heterocycles. The lowest BCUT2D eigenvalue weighted by Gasteiger charge is -2.37. The van der Waals surface area contributed by atoms with E-state index < -0.39 is 0 Å². The summed E-state index contributed by atoms with van der Waals surface area (Å²) in [6.45, 7) is 6.30. The standard InChI is InChI=1S/C13H25N/c1-2-14-10-8-13(9-11-14)12-6-4-3-5-7-12/h12-13H,2-11H2,1H3. The van der Waals surface area contributed by atoms with Gasteiger partial charge in [-0.15, -0.1) is 0 Å². The third-order valence-corrected chi connectivity index (χ3v) is 4.40. The molecule has 1 heterocycles. The van der Waals surface area contributed by atoms with Crippen molar-refractivity contribution < 1.29 is 0 Å². The summed E-state index contributed by atoms with van der Waals surface area (Å²) in [6.07, 6.45) is 10.6. The highest BCUT2D eigenvalue weighted by atomic mass is 15.1. The lowest BCUT2D eigenvalue weighted by atomic mass is 9.76. The molecule has 14 heavy (non-hydrogen) atoms. The first-order valence-electron chi connectivity index (χ1n) is 6.62. The maximum atomic E-state index is 2.61. The van der Waals surface area contributed by atoms with Gasteiger partial charge in [-0.05, 0) is 44.3 Å². The molecule has 1 aliphatic carbocycles. The van der Waals surface area contributed by atoms with Crippen LogP contribution in [-0.2, 0) is 0 Å². The van der Waals surface area contributed by atoms with Crippen LogP contribution in [0.1, 0.15) is 51.9 Å². The summed E-state index contributed by atoms with van der Waals surface area (Å²) < 4.78 is 0. The zero-order valence-corrected chi connectivity index (χ0v) is 9.67. The Kier molecular flexibility index (Phi) is 3.86. The maximum Gasteiger partial charge on any atom is -0.00161 e. The lowest BCUT2D eigenvalue weighted by Crippen LogP contribution is -2.36. The molecule has 2 aliphatic rings. The van der Waals surface area contributed by atoms with E-state index in [0.29, 0.717) is 0 Å². The second-order valence-corrected chi connectivity index (χ2v) is 5.17. The molecule has 0 atom stereocenters. The molecule has 0 unspecified atom stereocenters. The molecule has 0 N–H and O–H groups in total. The molecule has 1 nitrogen and oxygen atoms in total. The van der Waals surface area contributed by atoms with Crippen LogP contribution < -0.4 is 0 Å².